The van der Waals surface area contributed by atoms with Gasteiger partial charge in [0.2, 0.25) is 0 Å². The molecule has 3 heteroatoms. The van der Waals surface area contributed by atoms with Crippen LogP contribution < -0.4 is 10.6 Å². The van der Waals surface area contributed by atoms with Crippen LogP contribution >= 0.6 is 0 Å². The lowest BCUT2D eigenvalue weighted by Crippen LogP contribution is -2.45. The van der Waals surface area contributed by atoms with Crippen molar-refractivity contribution in [2.45, 2.75) is 31.7 Å². The van der Waals surface area contributed by atoms with Crippen molar-refractivity contribution in [2.75, 3.05) is 39.3 Å². The molecule has 15 heavy (non-hydrogen) atoms. The molecule has 0 aromatic carbocycles. The standard InChI is InChI=1S/C12H23N3/c1-2-11(8-13-5-1)15-7-4-12(10-15)3-6-14-9-12/h11,13-14H,1-10H2. The molecule has 3 heterocycles. The van der Waals surface area contributed by atoms with Gasteiger partial charge in [-0.3, -0.25) is 4.90 Å². The normalized spacial score (nSPS) is 42.8. The molecule has 2 atom stereocenters. The lowest BCUT2D eigenvalue weighted by atomic mass is 9.86. The molecule has 0 amide bonds. The van der Waals surface area contributed by atoms with Gasteiger partial charge in [0.25, 0.3) is 0 Å². The van der Waals surface area contributed by atoms with Crippen molar-refractivity contribution in [1.82, 2.24) is 15.5 Å². The molecular weight excluding hydrogens is 186 g/mol. The molecule has 0 aromatic heterocycles. The predicted octanol–water partition coefficient (Wildman–Crippen LogP) is 0.424. The molecule has 86 valence electrons. The second-order valence-corrected chi connectivity index (χ2v) is 5.65. The zero-order valence-corrected chi connectivity index (χ0v) is 9.60. The molecule has 2 unspecified atom stereocenters. The van der Waals surface area contributed by atoms with Gasteiger partial charge in [0, 0.05) is 25.7 Å². The summed E-state index contributed by atoms with van der Waals surface area (Å²) in [7, 11) is 0. The fraction of sp³-hybridized carbons (Fsp3) is 1.00. The number of nitrogens with zero attached hydrogens (tertiary/aromatic N) is 1. The van der Waals surface area contributed by atoms with E-state index in [0.29, 0.717) is 5.41 Å². The average Bonchev–Trinajstić information content (AvgIpc) is 2.91. The first-order valence-electron chi connectivity index (χ1n) is 6.54. The maximum atomic E-state index is 3.54. The van der Waals surface area contributed by atoms with Crippen LogP contribution in [-0.2, 0) is 0 Å². The molecule has 0 bridgehead atoms. The summed E-state index contributed by atoms with van der Waals surface area (Å²) in [4.78, 5) is 2.75. The molecule has 3 fully saturated rings. The number of piperidine rings is 1. The molecule has 3 saturated heterocycles. The second kappa shape index (κ2) is 4.04. The summed E-state index contributed by atoms with van der Waals surface area (Å²) in [5, 5.41) is 7.07. The van der Waals surface area contributed by atoms with Gasteiger partial charge in [0.1, 0.15) is 0 Å². The quantitative estimate of drug-likeness (QED) is 0.655. The molecule has 0 saturated carbocycles. The Hall–Kier alpha value is -0.120. The highest BCUT2D eigenvalue weighted by Gasteiger charge is 2.42. The van der Waals surface area contributed by atoms with E-state index in [1.807, 2.05) is 0 Å². The summed E-state index contributed by atoms with van der Waals surface area (Å²) in [6.45, 7) is 7.67. The van der Waals surface area contributed by atoms with E-state index in [0.717, 1.165) is 6.04 Å². The molecule has 0 aromatic rings. The highest BCUT2D eigenvalue weighted by atomic mass is 15.2. The van der Waals surface area contributed by atoms with E-state index in [2.05, 4.69) is 15.5 Å². The van der Waals surface area contributed by atoms with E-state index < -0.39 is 0 Å². The van der Waals surface area contributed by atoms with Crippen LogP contribution in [0.2, 0.25) is 0 Å². The summed E-state index contributed by atoms with van der Waals surface area (Å²) in [5.41, 5.74) is 0.650. The minimum atomic E-state index is 0.650. The predicted molar refractivity (Wildman–Crippen MR) is 62.0 cm³/mol. The number of rotatable bonds is 1. The van der Waals surface area contributed by atoms with Crippen molar-refractivity contribution < 1.29 is 0 Å². The number of hydrogen-bond acceptors (Lipinski definition) is 3. The zero-order chi connectivity index (χ0) is 10.1. The molecule has 1 spiro atoms. The van der Waals surface area contributed by atoms with Gasteiger partial charge >= 0.3 is 0 Å². The van der Waals surface area contributed by atoms with E-state index in [1.54, 1.807) is 0 Å². The molecule has 0 radical (unpaired) electrons. The van der Waals surface area contributed by atoms with Crippen LogP contribution in [0.3, 0.4) is 0 Å². The topological polar surface area (TPSA) is 27.3 Å². The Bertz CT molecular complexity index is 217. The Morgan fingerprint density at radius 2 is 2.13 bits per heavy atom. The molecular formula is C12H23N3. The van der Waals surface area contributed by atoms with Crippen molar-refractivity contribution in [1.29, 1.82) is 0 Å². The first-order valence-corrected chi connectivity index (χ1v) is 6.54. The van der Waals surface area contributed by atoms with Crippen LogP contribution in [0, 0.1) is 5.41 Å². The maximum Gasteiger partial charge on any atom is 0.0221 e. The maximum absolute atomic E-state index is 3.54. The fourth-order valence-corrected chi connectivity index (χ4v) is 3.57. The Kier molecular flexibility index (Phi) is 2.71. The monoisotopic (exact) mass is 209 g/mol. The minimum Gasteiger partial charge on any atom is -0.316 e. The van der Waals surface area contributed by atoms with Crippen molar-refractivity contribution in [3.8, 4) is 0 Å². The summed E-state index contributed by atoms with van der Waals surface area (Å²) < 4.78 is 0. The van der Waals surface area contributed by atoms with Gasteiger partial charge in [-0.15, -0.1) is 0 Å². The third-order valence-electron chi connectivity index (χ3n) is 4.59. The van der Waals surface area contributed by atoms with Crippen molar-refractivity contribution >= 4 is 0 Å². The number of hydrogen-bond donors (Lipinski definition) is 2. The van der Waals surface area contributed by atoms with Crippen molar-refractivity contribution in [3.05, 3.63) is 0 Å². The lowest BCUT2D eigenvalue weighted by molar-refractivity contribution is 0.180. The number of nitrogens with one attached hydrogen (secondary N) is 2. The lowest BCUT2D eigenvalue weighted by Gasteiger charge is -2.33. The van der Waals surface area contributed by atoms with Crippen molar-refractivity contribution in [3.63, 3.8) is 0 Å². The van der Waals surface area contributed by atoms with Gasteiger partial charge in [-0.05, 0) is 50.7 Å². The second-order valence-electron chi connectivity index (χ2n) is 5.65. The fourth-order valence-electron chi connectivity index (χ4n) is 3.57. The van der Waals surface area contributed by atoms with Gasteiger partial charge in [-0.2, -0.15) is 0 Å². The van der Waals surface area contributed by atoms with Gasteiger partial charge in [0.15, 0.2) is 0 Å². The van der Waals surface area contributed by atoms with Gasteiger partial charge in [-0.25, -0.2) is 0 Å². The molecule has 3 aliphatic rings. The van der Waals surface area contributed by atoms with Gasteiger partial charge in [0.05, 0.1) is 0 Å². The molecule has 3 aliphatic heterocycles. The summed E-state index contributed by atoms with van der Waals surface area (Å²) in [6, 6.07) is 0.832. The van der Waals surface area contributed by atoms with Gasteiger partial charge < -0.3 is 10.6 Å². The van der Waals surface area contributed by atoms with E-state index in [1.165, 1.54) is 65.0 Å². The first kappa shape index (κ1) is 10.1. The third-order valence-corrected chi connectivity index (χ3v) is 4.59. The summed E-state index contributed by atoms with van der Waals surface area (Å²) >= 11 is 0. The minimum absolute atomic E-state index is 0.650. The third kappa shape index (κ3) is 1.93. The van der Waals surface area contributed by atoms with E-state index >= 15 is 0 Å². The molecule has 2 N–H and O–H groups in total. The summed E-state index contributed by atoms with van der Waals surface area (Å²) in [6.07, 6.45) is 5.61. The summed E-state index contributed by atoms with van der Waals surface area (Å²) in [5.74, 6) is 0. The Balaban J connectivity index is 1.60. The van der Waals surface area contributed by atoms with E-state index in [4.69, 9.17) is 0 Å². The van der Waals surface area contributed by atoms with Crippen LogP contribution in [-0.4, -0.2) is 50.2 Å². The smallest absolute Gasteiger partial charge is 0.0221 e. The van der Waals surface area contributed by atoms with Crippen LogP contribution in [0.1, 0.15) is 25.7 Å². The van der Waals surface area contributed by atoms with Crippen LogP contribution in [0.5, 0.6) is 0 Å². The first-order chi connectivity index (χ1) is 7.38. The van der Waals surface area contributed by atoms with Crippen molar-refractivity contribution in [2.24, 2.45) is 5.41 Å². The van der Waals surface area contributed by atoms with Gasteiger partial charge in [-0.1, -0.05) is 0 Å². The largest absolute Gasteiger partial charge is 0.316 e. The van der Waals surface area contributed by atoms with Crippen LogP contribution in [0.25, 0.3) is 0 Å². The zero-order valence-electron chi connectivity index (χ0n) is 9.60. The molecule has 0 aliphatic carbocycles. The average molecular weight is 209 g/mol. The Labute approximate surface area is 92.6 Å². The molecule has 3 nitrogen and oxygen atoms in total. The SMILES string of the molecule is C1CNCC(N2CCC3(CCNC3)C2)C1. The molecule has 3 rings (SSSR count). The van der Waals surface area contributed by atoms with E-state index in [-0.39, 0.29) is 0 Å². The Morgan fingerprint density at radius 3 is 2.87 bits per heavy atom. The Morgan fingerprint density at radius 1 is 1.13 bits per heavy atom. The highest BCUT2D eigenvalue weighted by molar-refractivity contribution is 4.97. The van der Waals surface area contributed by atoms with Crippen LogP contribution in [0.4, 0.5) is 0 Å². The van der Waals surface area contributed by atoms with Crippen LogP contribution in [0.15, 0.2) is 0 Å². The van der Waals surface area contributed by atoms with E-state index in [9.17, 15) is 0 Å². The number of likely N-dealkylation sites (tertiary alicyclic amines) is 1. The highest BCUT2D eigenvalue weighted by Crippen LogP contribution is 2.37.